The monoisotopic (exact) mass is 264 g/mol. The summed E-state index contributed by atoms with van der Waals surface area (Å²) >= 11 is 0. The molecule has 2 nitrogen and oxygen atoms in total. The molecule has 106 valence electrons. The summed E-state index contributed by atoms with van der Waals surface area (Å²) in [4.78, 5) is 2.19. The van der Waals surface area contributed by atoms with Crippen LogP contribution in [0.2, 0.25) is 0 Å². The Balaban J connectivity index is 2.13. The van der Waals surface area contributed by atoms with Crippen molar-refractivity contribution < 1.29 is 4.39 Å². The highest BCUT2D eigenvalue weighted by molar-refractivity contribution is 5.49. The van der Waals surface area contributed by atoms with Gasteiger partial charge in [0.1, 0.15) is 5.82 Å². The van der Waals surface area contributed by atoms with Crippen LogP contribution in [-0.2, 0) is 0 Å². The fourth-order valence-electron chi connectivity index (χ4n) is 2.88. The van der Waals surface area contributed by atoms with Crippen molar-refractivity contribution >= 4 is 5.69 Å². The van der Waals surface area contributed by atoms with Gasteiger partial charge in [0.25, 0.3) is 0 Å². The molecular weight excluding hydrogens is 239 g/mol. The van der Waals surface area contributed by atoms with Gasteiger partial charge in [-0.1, -0.05) is 19.4 Å². The Morgan fingerprint density at radius 1 is 1.37 bits per heavy atom. The van der Waals surface area contributed by atoms with E-state index in [0.717, 1.165) is 36.7 Å². The van der Waals surface area contributed by atoms with Crippen molar-refractivity contribution in [1.29, 1.82) is 0 Å². The summed E-state index contributed by atoms with van der Waals surface area (Å²) in [5.41, 5.74) is 7.39. The minimum Gasteiger partial charge on any atom is -0.369 e. The van der Waals surface area contributed by atoms with Crippen LogP contribution in [-0.4, -0.2) is 13.1 Å². The maximum Gasteiger partial charge on any atom is 0.146 e. The Labute approximate surface area is 115 Å². The Bertz CT molecular complexity index is 417. The minimum atomic E-state index is -0.134. The standard InChI is InChI=1S/C16H25FN2/c1-3-13-5-4-9-19(10-8-13)16-7-6-14(12(2)18)11-15(16)17/h6-7,11-13H,3-5,8-10,18H2,1-2H3/t12-,13?/m0/s1. The van der Waals surface area contributed by atoms with E-state index in [9.17, 15) is 4.39 Å². The number of nitrogens with two attached hydrogens (primary N) is 1. The lowest BCUT2D eigenvalue weighted by molar-refractivity contribution is 0.459. The van der Waals surface area contributed by atoms with Crippen LogP contribution in [0, 0.1) is 11.7 Å². The van der Waals surface area contributed by atoms with Gasteiger partial charge in [-0.05, 0) is 49.8 Å². The molecule has 19 heavy (non-hydrogen) atoms. The minimum absolute atomic E-state index is 0.114. The number of rotatable bonds is 3. The maximum absolute atomic E-state index is 14.2. The Kier molecular flexibility index (Phi) is 4.81. The molecule has 1 aromatic rings. The molecule has 3 heteroatoms. The van der Waals surface area contributed by atoms with Gasteiger partial charge in [-0.15, -0.1) is 0 Å². The second kappa shape index (κ2) is 6.38. The smallest absolute Gasteiger partial charge is 0.146 e. The van der Waals surface area contributed by atoms with Crippen molar-refractivity contribution in [3.05, 3.63) is 29.6 Å². The molecule has 1 aliphatic heterocycles. The van der Waals surface area contributed by atoms with Crippen molar-refractivity contribution in [2.24, 2.45) is 11.7 Å². The van der Waals surface area contributed by atoms with Gasteiger partial charge in [-0.3, -0.25) is 0 Å². The van der Waals surface area contributed by atoms with Crippen LogP contribution in [0.3, 0.4) is 0 Å². The first kappa shape index (κ1) is 14.3. The zero-order valence-corrected chi connectivity index (χ0v) is 12.0. The maximum atomic E-state index is 14.2. The van der Waals surface area contributed by atoms with Gasteiger partial charge in [-0.25, -0.2) is 4.39 Å². The lowest BCUT2D eigenvalue weighted by atomic mass is 9.98. The van der Waals surface area contributed by atoms with E-state index < -0.39 is 0 Å². The second-order valence-corrected chi connectivity index (χ2v) is 5.69. The van der Waals surface area contributed by atoms with Gasteiger partial charge in [0.2, 0.25) is 0 Å². The van der Waals surface area contributed by atoms with Crippen LogP contribution in [0.1, 0.15) is 51.1 Å². The number of anilines is 1. The van der Waals surface area contributed by atoms with Gasteiger partial charge < -0.3 is 10.6 Å². The molecule has 0 aromatic heterocycles. The third-order valence-electron chi connectivity index (χ3n) is 4.26. The van der Waals surface area contributed by atoms with Gasteiger partial charge >= 0.3 is 0 Å². The van der Waals surface area contributed by atoms with Crippen molar-refractivity contribution in [1.82, 2.24) is 0 Å². The number of halogens is 1. The van der Waals surface area contributed by atoms with Gasteiger partial charge in [0.05, 0.1) is 5.69 Å². The third-order valence-corrected chi connectivity index (χ3v) is 4.26. The first-order chi connectivity index (χ1) is 9.11. The molecule has 1 aliphatic rings. The Morgan fingerprint density at radius 2 is 2.16 bits per heavy atom. The van der Waals surface area contributed by atoms with Crippen molar-refractivity contribution in [3.63, 3.8) is 0 Å². The molecule has 0 bridgehead atoms. The van der Waals surface area contributed by atoms with E-state index in [1.165, 1.54) is 19.3 Å². The van der Waals surface area contributed by atoms with Crippen LogP contribution >= 0.6 is 0 Å². The van der Waals surface area contributed by atoms with E-state index in [1.807, 2.05) is 19.1 Å². The first-order valence-corrected chi connectivity index (χ1v) is 7.41. The summed E-state index contributed by atoms with van der Waals surface area (Å²) < 4.78 is 14.2. The van der Waals surface area contributed by atoms with Gasteiger partial charge in [0.15, 0.2) is 0 Å². The SMILES string of the molecule is CCC1CCCN(c2ccc([C@H](C)N)cc2F)CC1. The highest BCUT2D eigenvalue weighted by atomic mass is 19.1. The lowest BCUT2D eigenvalue weighted by Crippen LogP contribution is -2.25. The van der Waals surface area contributed by atoms with Crippen LogP contribution in [0.4, 0.5) is 10.1 Å². The van der Waals surface area contributed by atoms with Crippen molar-refractivity contribution in [3.8, 4) is 0 Å². The lowest BCUT2D eigenvalue weighted by Gasteiger charge is -2.24. The first-order valence-electron chi connectivity index (χ1n) is 7.41. The average molecular weight is 264 g/mol. The van der Waals surface area contributed by atoms with Crippen LogP contribution < -0.4 is 10.6 Å². The molecule has 2 atom stereocenters. The number of benzene rings is 1. The molecule has 0 spiro atoms. The topological polar surface area (TPSA) is 29.3 Å². The molecule has 0 amide bonds. The molecule has 1 saturated heterocycles. The Hall–Kier alpha value is -1.09. The highest BCUT2D eigenvalue weighted by Gasteiger charge is 2.18. The van der Waals surface area contributed by atoms with Crippen LogP contribution in [0.25, 0.3) is 0 Å². The van der Waals surface area contributed by atoms with Crippen LogP contribution in [0.5, 0.6) is 0 Å². The summed E-state index contributed by atoms with van der Waals surface area (Å²) in [5.74, 6) is 0.668. The van der Waals surface area contributed by atoms with E-state index in [0.29, 0.717) is 0 Å². The molecule has 0 aliphatic carbocycles. The molecule has 1 fully saturated rings. The van der Waals surface area contributed by atoms with Gasteiger partial charge in [0, 0.05) is 19.1 Å². The predicted molar refractivity (Wildman–Crippen MR) is 78.8 cm³/mol. The fraction of sp³-hybridized carbons (Fsp3) is 0.625. The molecule has 2 rings (SSSR count). The summed E-state index contributed by atoms with van der Waals surface area (Å²) in [6.45, 7) is 6.06. The van der Waals surface area contributed by atoms with E-state index >= 15 is 0 Å². The van der Waals surface area contributed by atoms with E-state index in [4.69, 9.17) is 5.73 Å². The molecular formula is C16H25FN2. The molecule has 1 heterocycles. The zero-order valence-electron chi connectivity index (χ0n) is 12.0. The second-order valence-electron chi connectivity index (χ2n) is 5.69. The van der Waals surface area contributed by atoms with Crippen LogP contribution in [0.15, 0.2) is 18.2 Å². The number of hydrogen-bond donors (Lipinski definition) is 1. The fourth-order valence-corrected chi connectivity index (χ4v) is 2.88. The predicted octanol–water partition coefficient (Wildman–Crippen LogP) is 3.86. The average Bonchev–Trinajstić information content (AvgIpc) is 2.63. The van der Waals surface area contributed by atoms with E-state index in [-0.39, 0.29) is 11.9 Å². The van der Waals surface area contributed by atoms with Crippen molar-refractivity contribution in [2.45, 2.75) is 45.6 Å². The van der Waals surface area contributed by atoms with E-state index in [1.54, 1.807) is 6.07 Å². The normalized spacial score (nSPS) is 22.1. The third kappa shape index (κ3) is 3.47. The highest BCUT2D eigenvalue weighted by Crippen LogP contribution is 2.27. The molecule has 0 radical (unpaired) electrons. The quantitative estimate of drug-likeness (QED) is 0.898. The largest absolute Gasteiger partial charge is 0.369 e. The molecule has 0 saturated carbocycles. The molecule has 1 aromatic carbocycles. The Morgan fingerprint density at radius 3 is 2.79 bits per heavy atom. The summed E-state index contributed by atoms with van der Waals surface area (Å²) in [6.07, 6.45) is 4.84. The summed E-state index contributed by atoms with van der Waals surface area (Å²) in [6, 6.07) is 5.31. The number of nitrogens with zero attached hydrogens (tertiary/aromatic N) is 1. The van der Waals surface area contributed by atoms with Crippen molar-refractivity contribution in [2.75, 3.05) is 18.0 Å². The zero-order chi connectivity index (χ0) is 13.8. The van der Waals surface area contributed by atoms with Gasteiger partial charge in [-0.2, -0.15) is 0 Å². The number of hydrogen-bond acceptors (Lipinski definition) is 2. The molecule has 1 unspecified atom stereocenters. The summed E-state index contributed by atoms with van der Waals surface area (Å²) in [5, 5.41) is 0. The molecule has 2 N–H and O–H groups in total. The summed E-state index contributed by atoms with van der Waals surface area (Å²) in [7, 11) is 0. The van der Waals surface area contributed by atoms with E-state index in [2.05, 4.69) is 11.8 Å².